The van der Waals surface area contributed by atoms with Crippen LogP contribution in [0.15, 0.2) is 15.0 Å². The Balaban J connectivity index is -0.000000280. The van der Waals surface area contributed by atoms with Crippen molar-refractivity contribution in [2.24, 2.45) is 15.0 Å². The zero-order chi connectivity index (χ0) is 12.6. The second-order valence-electron chi connectivity index (χ2n) is 3.20. The zero-order valence-corrected chi connectivity index (χ0v) is 12.0. The minimum Gasteiger partial charge on any atom is -0.309 e. The SMILES string of the molecule is CCN=C=N.CCN=C=NCCCN(C)C.Cl. The summed E-state index contributed by atoms with van der Waals surface area (Å²) in [6.45, 7) is 7.20. The maximum atomic E-state index is 6.19. The zero-order valence-electron chi connectivity index (χ0n) is 11.2. The van der Waals surface area contributed by atoms with Crippen molar-refractivity contribution in [1.82, 2.24) is 4.90 Å². The van der Waals surface area contributed by atoms with Gasteiger partial charge in [-0.1, -0.05) is 0 Å². The van der Waals surface area contributed by atoms with Crippen LogP contribution < -0.4 is 0 Å². The largest absolute Gasteiger partial charge is 0.309 e. The van der Waals surface area contributed by atoms with Gasteiger partial charge < -0.3 is 4.90 Å². The Morgan fingerprint density at radius 2 is 1.65 bits per heavy atom. The van der Waals surface area contributed by atoms with Gasteiger partial charge in [0, 0.05) is 13.1 Å². The van der Waals surface area contributed by atoms with Gasteiger partial charge in [-0.3, -0.25) is 0 Å². The van der Waals surface area contributed by atoms with E-state index in [2.05, 4.69) is 40.0 Å². The third-order valence-corrected chi connectivity index (χ3v) is 1.41. The first kappa shape index (κ1) is 21.3. The summed E-state index contributed by atoms with van der Waals surface area (Å²) in [5.41, 5.74) is 0. The van der Waals surface area contributed by atoms with Crippen molar-refractivity contribution < 1.29 is 0 Å². The van der Waals surface area contributed by atoms with E-state index in [-0.39, 0.29) is 12.4 Å². The number of hydrogen-bond donors (Lipinski definition) is 1. The van der Waals surface area contributed by atoms with Crippen LogP contribution in [0.2, 0.25) is 0 Å². The van der Waals surface area contributed by atoms with Crippen LogP contribution in [0.1, 0.15) is 20.3 Å². The first-order valence-electron chi connectivity index (χ1n) is 5.49. The molecule has 0 rings (SSSR count). The van der Waals surface area contributed by atoms with Crippen LogP contribution in [0.3, 0.4) is 0 Å². The first-order valence-corrected chi connectivity index (χ1v) is 5.49. The van der Waals surface area contributed by atoms with Gasteiger partial charge in [-0.15, -0.1) is 12.4 Å². The van der Waals surface area contributed by atoms with Crippen LogP contribution >= 0.6 is 12.4 Å². The highest BCUT2D eigenvalue weighted by atomic mass is 35.5. The van der Waals surface area contributed by atoms with Crippen LogP contribution in [0.25, 0.3) is 0 Å². The van der Waals surface area contributed by atoms with Gasteiger partial charge in [0.05, 0.1) is 18.6 Å². The molecule has 100 valence electrons. The second-order valence-corrected chi connectivity index (χ2v) is 3.20. The van der Waals surface area contributed by atoms with Gasteiger partial charge in [0.25, 0.3) is 0 Å². The van der Waals surface area contributed by atoms with Crippen LogP contribution in [-0.2, 0) is 0 Å². The van der Waals surface area contributed by atoms with Crippen molar-refractivity contribution in [1.29, 1.82) is 5.41 Å². The predicted octanol–water partition coefficient (Wildman–Crippen LogP) is 2.31. The summed E-state index contributed by atoms with van der Waals surface area (Å²) in [5, 5.41) is 6.19. The lowest BCUT2D eigenvalue weighted by Crippen LogP contribution is -2.13. The summed E-state index contributed by atoms with van der Waals surface area (Å²) in [7, 11) is 4.12. The maximum absolute atomic E-state index is 6.19. The molecule has 0 saturated carbocycles. The van der Waals surface area contributed by atoms with E-state index >= 15 is 0 Å². The fourth-order valence-corrected chi connectivity index (χ4v) is 0.716. The average molecular weight is 262 g/mol. The van der Waals surface area contributed by atoms with E-state index in [4.69, 9.17) is 5.41 Å². The highest BCUT2D eigenvalue weighted by Gasteiger charge is 1.86. The van der Waals surface area contributed by atoms with Gasteiger partial charge in [-0.05, 0) is 40.9 Å². The lowest BCUT2D eigenvalue weighted by molar-refractivity contribution is 0.403. The number of hydrogen-bond acceptors (Lipinski definition) is 5. The monoisotopic (exact) mass is 261 g/mol. The Labute approximate surface area is 111 Å². The number of nitrogens with one attached hydrogen (secondary N) is 1. The molecule has 0 heterocycles. The Kier molecular flexibility index (Phi) is 25.6. The molecule has 0 atom stereocenters. The van der Waals surface area contributed by atoms with Crippen LogP contribution in [0.5, 0.6) is 0 Å². The van der Waals surface area contributed by atoms with Crippen molar-refractivity contribution >= 4 is 24.4 Å². The highest BCUT2D eigenvalue weighted by molar-refractivity contribution is 5.85. The van der Waals surface area contributed by atoms with Crippen molar-refractivity contribution in [2.45, 2.75) is 20.3 Å². The van der Waals surface area contributed by atoms with E-state index in [9.17, 15) is 0 Å². The molecule has 0 amide bonds. The third-order valence-electron chi connectivity index (χ3n) is 1.41. The van der Waals surface area contributed by atoms with E-state index in [0.29, 0.717) is 6.54 Å². The predicted molar refractivity (Wildman–Crippen MR) is 76.4 cm³/mol. The van der Waals surface area contributed by atoms with Crippen LogP contribution in [0, 0.1) is 5.41 Å². The molecule has 17 heavy (non-hydrogen) atoms. The molecular formula is C11H24ClN5. The maximum Gasteiger partial charge on any atom is 0.0892 e. The van der Waals surface area contributed by atoms with Crippen molar-refractivity contribution in [3.63, 3.8) is 0 Å². The van der Waals surface area contributed by atoms with Gasteiger partial charge in [-0.25, -0.2) is 20.4 Å². The smallest absolute Gasteiger partial charge is 0.0892 e. The average Bonchev–Trinajstić information content (AvgIpc) is 2.25. The van der Waals surface area contributed by atoms with E-state index in [1.807, 2.05) is 19.9 Å². The molecule has 5 nitrogen and oxygen atoms in total. The third kappa shape index (κ3) is 31.3. The molecule has 0 aliphatic heterocycles. The quantitative estimate of drug-likeness (QED) is 0.579. The molecule has 0 fully saturated rings. The molecule has 0 unspecified atom stereocenters. The molecule has 0 saturated heterocycles. The summed E-state index contributed by atoms with van der Waals surface area (Å²) in [6, 6.07) is 4.53. The second kappa shape index (κ2) is 20.4. The Morgan fingerprint density at radius 1 is 1.06 bits per heavy atom. The molecule has 0 spiro atoms. The summed E-state index contributed by atoms with van der Waals surface area (Å²) in [4.78, 5) is 13.4. The van der Waals surface area contributed by atoms with Gasteiger partial charge in [0.1, 0.15) is 0 Å². The first-order chi connectivity index (χ1) is 7.68. The van der Waals surface area contributed by atoms with Crippen LogP contribution in [0.4, 0.5) is 0 Å². The molecule has 0 bridgehead atoms. The number of halogens is 1. The summed E-state index contributed by atoms with van der Waals surface area (Å²) in [6.07, 6.45) is 1.08. The standard InChI is InChI=1S/C8H17N3.C3H6N2.ClH/c1-4-9-8-10-6-5-7-11(2)3;1-2-5-3-4;/h4-7H2,1-3H3;4H,2H2,1H3;1H. The molecule has 0 aromatic heterocycles. The number of aliphatic imine (C=N–C) groups is 3. The molecule has 0 aromatic carbocycles. The van der Waals surface area contributed by atoms with E-state index in [0.717, 1.165) is 26.1 Å². The topological polar surface area (TPSA) is 64.2 Å². The minimum absolute atomic E-state index is 0. The van der Waals surface area contributed by atoms with Gasteiger partial charge >= 0.3 is 0 Å². The van der Waals surface area contributed by atoms with E-state index in [1.54, 1.807) is 0 Å². The Hall–Kier alpha value is -0.990. The van der Waals surface area contributed by atoms with Gasteiger partial charge in [0.2, 0.25) is 0 Å². The fraction of sp³-hybridized carbons (Fsp3) is 0.818. The number of nitrogens with zero attached hydrogens (tertiary/aromatic N) is 4. The van der Waals surface area contributed by atoms with E-state index in [1.165, 1.54) is 0 Å². The van der Waals surface area contributed by atoms with Gasteiger partial charge in [-0.2, -0.15) is 0 Å². The van der Waals surface area contributed by atoms with Crippen molar-refractivity contribution in [2.75, 3.05) is 40.3 Å². The minimum atomic E-state index is 0. The Bertz CT molecular complexity index is 240. The van der Waals surface area contributed by atoms with Gasteiger partial charge in [0.15, 0.2) is 0 Å². The van der Waals surface area contributed by atoms with Crippen molar-refractivity contribution in [3.05, 3.63) is 0 Å². The normalized spacial score (nSPS) is 7.82. The Morgan fingerprint density at radius 3 is 2.00 bits per heavy atom. The molecule has 0 aliphatic rings. The summed E-state index contributed by atoms with van der Waals surface area (Å²) >= 11 is 0. The molecule has 0 radical (unpaired) electrons. The molecule has 0 aromatic rings. The lowest BCUT2D eigenvalue weighted by Gasteiger charge is -2.05. The number of rotatable bonds is 6. The van der Waals surface area contributed by atoms with Crippen LogP contribution in [-0.4, -0.2) is 57.2 Å². The lowest BCUT2D eigenvalue weighted by atomic mass is 10.4. The van der Waals surface area contributed by atoms with Crippen molar-refractivity contribution in [3.8, 4) is 0 Å². The highest BCUT2D eigenvalue weighted by Crippen LogP contribution is 1.82. The molecule has 6 heteroatoms. The molecule has 0 aliphatic carbocycles. The summed E-state index contributed by atoms with van der Waals surface area (Å²) in [5.74, 6) is 0. The molecule has 1 N–H and O–H groups in total. The summed E-state index contributed by atoms with van der Waals surface area (Å²) < 4.78 is 0. The van der Waals surface area contributed by atoms with E-state index < -0.39 is 0 Å². The fourth-order valence-electron chi connectivity index (χ4n) is 0.716. The molecular weight excluding hydrogens is 238 g/mol.